The number of hydrogen-bond donors (Lipinski definition) is 1. The number of ether oxygens (including phenoxy) is 2. The van der Waals surface area contributed by atoms with E-state index in [1.807, 2.05) is 38.1 Å². The van der Waals surface area contributed by atoms with Gasteiger partial charge in [0.1, 0.15) is 11.6 Å². The van der Waals surface area contributed by atoms with Crippen LogP contribution in [0.5, 0.6) is 11.5 Å². The van der Waals surface area contributed by atoms with Crippen molar-refractivity contribution in [3.05, 3.63) is 57.6 Å². The van der Waals surface area contributed by atoms with E-state index in [0.29, 0.717) is 33.8 Å². The Balaban J connectivity index is 2.31. The predicted molar refractivity (Wildman–Crippen MR) is 110 cm³/mol. The van der Waals surface area contributed by atoms with E-state index >= 15 is 0 Å². The van der Waals surface area contributed by atoms with Gasteiger partial charge in [0.05, 0.1) is 18.2 Å². The lowest BCUT2D eigenvalue weighted by Crippen LogP contribution is -2.14. The molecule has 0 aliphatic rings. The van der Waals surface area contributed by atoms with E-state index in [4.69, 9.17) is 9.47 Å². The molecule has 2 aromatic rings. The van der Waals surface area contributed by atoms with Gasteiger partial charge in [0.25, 0.3) is 5.91 Å². The van der Waals surface area contributed by atoms with Gasteiger partial charge in [0.15, 0.2) is 11.5 Å². The largest absolute Gasteiger partial charge is 0.493 e. The van der Waals surface area contributed by atoms with Gasteiger partial charge >= 0.3 is 0 Å². The van der Waals surface area contributed by atoms with E-state index in [2.05, 4.69) is 21.2 Å². The molecule has 1 N–H and O–H groups in total. The van der Waals surface area contributed by atoms with Crippen molar-refractivity contribution in [2.45, 2.75) is 20.3 Å². The lowest BCUT2D eigenvalue weighted by molar-refractivity contribution is -0.112. The van der Waals surface area contributed by atoms with Crippen molar-refractivity contribution in [2.75, 3.05) is 19.0 Å². The molecule has 0 saturated carbocycles. The van der Waals surface area contributed by atoms with Crippen LogP contribution < -0.4 is 14.8 Å². The highest BCUT2D eigenvalue weighted by Gasteiger charge is 2.14. The van der Waals surface area contributed by atoms with Gasteiger partial charge in [-0.05, 0) is 64.7 Å². The minimum absolute atomic E-state index is 0.00515. The fourth-order valence-electron chi connectivity index (χ4n) is 2.39. The molecular weight excluding hydrogens is 408 g/mol. The zero-order valence-electron chi connectivity index (χ0n) is 15.5. The van der Waals surface area contributed by atoms with Crippen LogP contribution in [-0.2, 0) is 4.79 Å². The van der Waals surface area contributed by atoms with Crippen molar-refractivity contribution >= 4 is 33.6 Å². The summed E-state index contributed by atoms with van der Waals surface area (Å²) < 4.78 is 11.8. The Kier molecular flexibility index (Phi) is 7.44. The molecule has 0 atom stereocenters. The molecule has 0 aromatic heterocycles. The van der Waals surface area contributed by atoms with Crippen LogP contribution in [0, 0.1) is 18.3 Å². The molecule has 2 rings (SSSR count). The van der Waals surface area contributed by atoms with Crippen LogP contribution in [0.3, 0.4) is 0 Å². The highest BCUT2D eigenvalue weighted by Crippen LogP contribution is 2.37. The summed E-state index contributed by atoms with van der Waals surface area (Å²) in [6.45, 7) is 4.47. The first-order valence-corrected chi connectivity index (χ1v) is 9.28. The van der Waals surface area contributed by atoms with Crippen LogP contribution in [0.1, 0.15) is 24.5 Å². The van der Waals surface area contributed by atoms with Crippen molar-refractivity contribution in [1.29, 1.82) is 5.26 Å². The third-order valence-electron chi connectivity index (χ3n) is 3.77. The molecule has 0 bridgehead atoms. The maximum atomic E-state index is 12.5. The molecule has 2 aromatic carbocycles. The normalized spacial score (nSPS) is 10.9. The Labute approximate surface area is 167 Å². The van der Waals surface area contributed by atoms with Gasteiger partial charge in [-0.1, -0.05) is 25.1 Å². The summed E-state index contributed by atoms with van der Waals surface area (Å²) in [5.41, 5.74) is 2.24. The van der Waals surface area contributed by atoms with Gasteiger partial charge < -0.3 is 14.8 Å². The van der Waals surface area contributed by atoms with Gasteiger partial charge in [-0.2, -0.15) is 5.26 Å². The molecule has 0 saturated heterocycles. The van der Waals surface area contributed by atoms with Crippen molar-refractivity contribution < 1.29 is 14.3 Å². The van der Waals surface area contributed by atoms with E-state index in [1.54, 1.807) is 25.3 Å². The standard InChI is InChI=1S/C21H21BrN2O3/c1-4-9-27-20-17(22)11-15(12-19(20)26-3)10-16(13-23)21(25)24-18-8-6-5-7-14(18)2/h5-8,10-12H,4,9H2,1-3H3,(H,24,25)/b16-10-. The summed E-state index contributed by atoms with van der Waals surface area (Å²) in [5, 5.41) is 12.2. The molecule has 0 fully saturated rings. The molecule has 27 heavy (non-hydrogen) atoms. The van der Waals surface area contributed by atoms with E-state index < -0.39 is 5.91 Å². The highest BCUT2D eigenvalue weighted by atomic mass is 79.9. The fourth-order valence-corrected chi connectivity index (χ4v) is 2.96. The van der Waals surface area contributed by atoms with Gasteiger partial charge in [-0.3, -0.25) is 4.79 Å². The number of nitrogens with one attached hydrogen (secondary N) is 1. The van der Waals surface area contributed by atoms with Crippen molar-refractivity contribution in [3.63, 3.8) is 0 Å². The van der Waals surface area contributed by atoms with Gasteiger partial charge in [0.2, 0.25) is 0 Å². The third kappa shape index (κ3) is 5.35. The summed E-state index contributed by atoms with van der Waals surface area (Å²) in [5.74, 6) is 0.660. The number of carbonyl (C=O) groups is 1. The number of anilines is 1. The molecule has 0 aliphatic heterocycles. The van der Waals surface area contributed by atoms with E-state index in [0.717, 1.165) is 12.0 Å². The summed E-state index contributed by atoms with van der Waals surface area (Å²) in [7, 11) is 1.55. The topological polar surface area (TPSA) is 71.3 Å². The zero-order chi connectivity index (χ0) is 19.8. The average Bonchev–Trinajstić information content (AvgIpc) is 2.66. The van der Waals surface area contributed by atoms with E-state index in [1.165, 1.54) is 6.08 Å². The predicted octanol–water partition coefficient (Wildman–Crippen LogP) is 5.10. The molecule has 1 amide bonds. The number of benzene rings is 2. The number of para-hydroxylation sites is 1. The Morgan fingerprint density at radius 3 is 2.70 bits per heavy atom. The molecule has 0 spiro atoms. The average molecular weight is 429 g/mol. The molecule has 0 unspecified atom stereocenters. The second-order valence-electron chi connectivity index (χ2n) is 5.82. The molecule has 0 radical (unpaired) electrons. The number of methoxy groups -OCH3 is 1. The summed E-state index contributed by atoms with van der Waals surface area (Å²) in [6, 6.07) is 12.9. The first-order valence-electron chi connectivity index (χ1n) is 8.49. The minimum Gasteiger partial charge on any atom is -0.493 e. The number of carbonyl (C=O) groups excluding carboxylic acids is 1. The highest BCUT2D eigenvalue weighted by molar-refractivity contribution is 9.10. The van der Waals surface area contributed by atoms with Gasteiger partial charge in [-0.15, -0.1) is 0 Å². The summed E-state index contributed by atoms with van der Waals surface area (Å²) in [4.78, 5) is 12.5. The SMILES string of the molecule is CCCOc1c(Br)cc(/C=C(/C#N)C(=O)Nc2ccccc2C)cc1OC. The van der Waals surface area contributed by atoms with E-state index in [9.17, 15) is 10.1 Å². The quantitative estimate of drug-likeness (QED) is 0.491. The number of aryl methyl sites for hydroxylation is 1. The van der Waals surface area contributed by atoms with E-state index in [-0.39, 0.29) is 5.57 Å². The van der Waals surface area contributed by atoms with Crippen LogP contribution in [0.25, 0.3) is 6.08 Å². The Bertz CT molecular complexity index is 901. The smallest absolute Gasteiger partial charge is 0.266 e. The van der Waals surface area contributed by atoms with Gasteiger partial charge in [-0.25, -0.2) is 0 Å². The lowest BCUT2D eigenvalue weighted by atomic mass is 10.1. The second kappa shape index (κ2) is 9.79. The van der Waals surface area contributed by atoms with Crippen LogP contribution in [-0.4, -0.2) is 19.6 Å². The first kappa shape index (κ1) is 20.5. The summed E-state index contributed by atoms with van der Waals surface area (Å²) in [6.07, 6.45) is 2.39. The van der Waals surface area contributed by atoms with Crippen LogP contribution >= 0.6 is 15.9 Å². The summed E-state index contributed by atoms with van der Waals surface area (Å²) >= 11 is 3.46. The van der Waals surface area contributed by atoms with Crippen molar-refractivity contribution in [1.82, 2.24) is 0 Å². The Hall–Kier alpha value is -2.78. The number of halogens is 1. The number of hydrogen-bond acceptors (Lipinski definition) is 4. The maximum absolute atomic E-state index is 12.5. The fraction of sp³-hybridized carbons (Fsp3) is 0.238. The monoisotopic (exact) mass is 428 g/mol. The zero-order valence-corrected chi connectivity index (χ0v) is 17.1. The molecule has 5 nitrogen and oxygen atoms in total. The number of amides is 1. The van der Waals surface area contributed by atoms with Crippen LogP contribution in [0.2, 0.25) is 0 Å². The van der Waals surface area contributed by atoms with Crippen molar-refractivity contribution in [3.8, 4) is 17.6 Å². The lowest BCUT2D eigenvalue weighted by Gasteiger charge is -2.13. The van der Waals surface area contributed by atoms with Crippen LogP contribution in [0.15, 0.2) is 46.4 Å². The Morgan fingerprint density at radius 2 is 2.07 bits per heavy atom. The molecule has 0 heterocycles. The second-order valence-corrected chi connectivity index (χ2v) is 6.68. The molecule has 0 aliphatic carbocycles. The van der Waals surface area contributed by atoms with Crippen molar-refractivity contribution in [2.24, 2.45) is 0 Å². The number of nitriles is 1. The molecule has 140 valence electrons. The number of rotatable bonds is 7. The number of nitrogens with zero attached hydrogens (tertiary/aromatic N) is 1. The third-order valence-corrected chi connectivity index (χ3v) is 4.36. The van der Waals surface area contributed by atoms with Gasteiger partial charge in [0, 0.05) is 5.69 Å². The minimum atomic E-state index is -0.465. The first-order chi connectivity index (χ1) is 13.0. The van der Waals surface area contributed by atoms with Crippen LogP contribution in [0.4, 0.5) is 5.69 Å². The molecule has 6 heteroatoms. The Morgan fingerprint density at radius 1 is 1.33 bits per heavy atom. The maximum Gasteiger partial charge on any atom is 0.266 e. The molecular formula is C21H21BrN2O3.